The number of carbonyl (C=O) groups is 1. The molecule has 1 aromatic heterocycles. The van der Waals surface area contributed by atoms with Crippen LogP contribution < -0.4 is 5.32 Å². The van der Waals surface area contributed by atoms with Crippen molar-refractivity contribution in [3.8, 4) is 0 Å². The molecule has 0 radical (unpaired) electrons. The van der Waals surface area contributed by atoms with Crippen LogP contribution in [-0.2, 0) is 14.8 Å². The molecule has 7 nitrogen and oxygen atoms in total. The van der Waals surface area contributed by atoms with Gasteiger partial charge in [-0.25, -0.2) is 8.42 Å². The topological polar surface area (TPSA) is 92.5 Å². The van der Waals surface area contributed by atoms with Gasteiger partial charge >= 0.3 is 0 Å². The first-order valence-corrected chi connectivity index (χ1v) is 9.20. The van der Waals surface area contributed by atoms with Gasteiger partial charge in [0.15, 0.2) is 0 Å². The van der Waals surface area contributed by atoms with Crippen molar-refractivity contribution in [2.24, 2.45) is 5.92 Å². The van der Waals surface area contributed by atoms with Crippen LogP contribution in [-0.4, -0.2) is 36.9 Å². The van der Waals surface area contributed by atoms with E-state index in [1.807, 2.05) is 0 Å². The van der Waals surface area contributed by atoms with Crippen LogP contribution in [0.4, 0.5) is 5.88 Å². The Kier molecular flexibility index (Phi) is 4.68. The maximum absolute atomic E-state index is 12.7. The Labute approximate surface area is 140 Å². The smallest absolute Gasteiger partial charge is 0.243 e. The van der Waals surface area contributed by atoms with Gasteiger partial charge in [0.25, 0.3) is 0 Å². The molecule has 1 N–H and O–H groups in total. The second-order valence-corrected chi connectivity index (χ2v) is 7.77. The summed E-state index contributed by atoms with van der Waals surface area (Å²) in [5.74, 6) is -0.387. The number of nitrogens with one attached hydrogen (secondary N) is 1. The molecular formula is C16H19N3O4S. The van der Waals surface area contributed by atoms with Crippen LogP contribution in [0.1, 0.15) is 18.5 Å². The molecule has 24 heavy (non-hydrogen) atoms. The Morgan fingerprint density at radius 2 is 2.08 bits per heavy atom. The van der Waals surface area contributed by atoms with E-state index < -0.39 is 15.9 Å². The number of aromatic nitrogens is 1. The van der Waals surface area contributed by atoms with Crippen molar-refractivity contribution in [3.63, 3.8) is 0 Å². The molecule has 0 bridgehead atoms. The van der Waals surface area contributed by atoms with Crippen molar-refractivity contribution in [2.75, 3.05) is 18.4 Å². The third kappa shape index (κ3) is 3.49. The van der Waals surface area contributed by atoms with E-state index in [0.717, 1.165) is 0 Å². The standard InChI is InChI=1S/C16H19N3O4S/c1-12-10-15(23-18-12)17-16(20)13-6-5-9-19(11-13)24(21,22)14-7-3-2-4-8-14/h2-4,7-8,10,13H,5-6,9,11H2,1H3,(H,17,20). The number of hydrogen-bond acceptors (Lipinski definition) is 5. The van der Waals surface area contributed by atoms with Gasteiger partial charge in [-0.2, -0.15) is 4.31 Å². The van der Waals surface area contributed by atoms with E-state index in [0.29, 0.717) is 25.1 Å². The summed E-state index contributed by atoms with van der Waals surface area (Å²) in [4.78, 5) is 12.6. The summed E-state index contributed by atoms with van der Waals surface area (Å²) >= 11 is 0. The Bertz CT molecular complexity index is 817. The lowest BCUT2D eigenvalue weighted by Gasteiger charge is -2.31. The third-order valence-electron chi connectivity index (χ3n) is 4.01. The molecule has 1 aromatic carbocycles. The molecule has 1 amide bonds. The van der Waals surface area contributed by atoms with Gasteiger partial charge in [0, 0.05) is 19.2 Å². The Balaban J connectivity index is 1.71. The van der Waals surface area contributed by atoms with Crippen LogP contribution in [0, 0.1) is 12.8 Å². The fourth-order valence-electron chi connectivity index (χ4n) is 2.76. The summed E-state index contributed by atoms with van der Waals surface area (Å²) in [6, 6.07) is 9.90. The van der Waals surface area contributed by atoms with Gasteiger partial charge in [0.2, 0.25) is 21.8 Å². The van der Waals surface area contributed by atoms with E-state index in [9.17, 15) is 13.2 Å². The predicted molar refractivity (Wildman–Crippen MR) is 87.8 cm³/mol. The molecule has 8 heteroatoms. The second-order valence-electron chi connectivity index (χ2n) is 5.84. The zero-order valence-electron chi connectivity index (χ0n) is 13.3. The van der Waals surface area contributed by atoms with Crippen molar-refractivity contribution < 1.29 is 17.7 Å². The monoisotopic (exact) mass is 349 g/mol. The minimum Gasteiger partial charge on any atom is -0.338 e. The van der Waals surface area contributed by atoms with Gasteiger partial charge in [-0.05, 0) is 31.9 Å². The predicted octanol–water partition coefficient (Wildman–Crippen LogP) is 2.02. The number of anilines is 1. The van der Waals surface area contributed by atoms with Crippen molar-refractivity contribution in [1.82, 2.24) is 9.46 Å². The van der Waals surface area contributed by atoms with Crippen LogP contribution in [0.2, 0.25) is 0 Å². The summed E-state index contributed by atoms with van der Waals surface area (Å²) in [5, 5.41) is 6.37. The van der Waals surface area contributed by atoms with Gasteiger partial charge in [-0.15, -0.1) is 0 Å². The number of benzene rings is 1. The summed E-state index contributed by atoms with van der Waals surface area (Å²) in [5.41, 5.74) is 0.669. The maximum Gasteiger partial charge on any atom is 0.243 e. The number of sulfonamides is 1. The van der Waals surface area contributed by atoms with Crippen molar-refractivity contribution >= 4 is 21.8 Å². The highest BCUT2D eigenvalue weighted by Gasteiger charge is 2.33. The van der Waals surface area contributed by atoms with Gasteiger partial charge in [0.1, 0.15) is 0 Å². The molecule has 0 saturated carbocycles. The fourth-order valence-corrected chi connectivity index (χ4v) is 4.31. The number of rotatable bonds is 4. The molecule has 128 valence electrons. The van der Waals surface area contributed by atoms with Gasteiger partial charge in [0.05, 0.1) is 16.5 Å². The zero-order chi connectivity index (χ0) is 17.2. The molecule has 1 aliphatic rings. The number of aryl methyl sites for hydroxylation is 1. The first-order chi connectivity index (χ1) is 11.5. The lowest BCUT2D eigenvalue weighted by Crippen LogP contribution is -2.43. The minimum absolute atomic E-state index is 0.163. The Morgan fingerprint density at radius 3 is 2.75 bits per heavy atom. The van der Waals surface area contributed by atoms with Crippen molar-refractivity contribution in [1.29, 1.82) is 0 Å². The quantitative estimate of drug-likeness (QED) is 0.911. The van der Waals surface area contributed by atoms with Crippen LogP contribution in [0.3, 0.4) is 0 Å². The lowest BCUT2D eigenvalue weighted by atomic mass is 9.99. The fraction of sp³-hybridized carbons (Fsp3) is 0.375. The molecule has 1 saturated heterocycles. The first-order valence-electron chi connectivity index (χ1n) is 7.76. The molecule has 3 rings (SSSR count). The average Bonchev–Trinajstić information content (AvgIpc) is 3.00. The number of carbonyl (C=O) groups excluding carboxylic acids is 1. The molecule has 0 spiro atoms. The number of piperidine rings is 1. The largest absolute Gasteiger partial charge is 0.338 e. The van der Waals surface area contributed by atoms with Crippen molar-refractivity contribution in [2.45, 2.75) is 24.7 Å². The van der Waals surface area contributed by atoms with Crippen molar-refractivity contribution in [3.05, 3.63) is 42.1 Å². The van der Waals surface area contributed by atoms with Crippen LogP contribution >= 0.6 is 0 Å². The molecule has 1 fully saturated rings. The minimum atomic E-state index is -3.58. The molecule has 1 unspecified atom stereocenters. The molecule has 0 aliphatic carbocycles. The normalized spacial score (nSPS) is 19.1. The lowest BCUT2D eigenvalue weighted by molar-refractivity contribution is -0.121. The van der Waals surface area contributed by atoms with Gasteiger partial charge in [-0.3, -0.25) is 10.1 Å². The highest BCUT2D eigenvalue weighted by atomic mass is 32.2. The molecule has 2 heterocycles. The summed E-state index contributed by atoms with van der Waals surface area (Å²) in [6.45, 7) is 2.34. The van der Waals surface area contributed by atoms with Gasteiger partial charge < -0.3 is 4.52 Å². The second kappa shape index (κ2) is 6.74. The number of hydrogen-bond donors (Lipinski definition) is 1. The highest BCUT2D eigenvalue weighted by molar-refractivity contribution is 7.89. The van der Waals surface area contributed by atoms with Crippen LogP contribution in [0.25, 0.3) is 0 Å². The SMILES string of the molecule is Cc1cc(NC(=O)C2CCCN(S(=O)(=O)c3ccccc3)C2)on1. The van der Waals surface area contributed by atoms with E-state index in [1.54, 1.807) is 43.3 Å². The van der Waals surface area contributed by atoms with E-state index >= 15 is 0 Å². The van der Waals surface area contributed by atoms with E-state index in [-0.39, 0.29) is 23.2 Å². The molecular weight excluding hydrogens is 330 g/mol. The maximum atomic E-state index is 12.7. The molecule has 1 atom stereocenters. The third-order valence-corrected chi connectivity index (χ3v) is 5.89. The number of nitrogens with zero attached hydrogens (tertiary/aromatic N) is 2. The van der Waals surface area contributed by atoms with E-state index in [2.05, 4.69) is 10.5 Å². The molecule has 2 aromatic rings. The van der Waals surface area contributed by atoms with E-state index in [4.69, 9.17) is 4.52 Å². The van der Waals surface area contributed by atoms with Gasteiger partial charge in [-0.1, -0.05) is 23.4 Å². The number of amides is 1. The highest BCUT2D eigenvalue weighted by Crippen LogP contribution is 2.24. The van der Waals surface area contributed by atoms with E-state index in [1.165, 1.54) is 4.31 Å². The summed E-state index contributed by atoms with van der Waals surface area (Å²) in [7, 11) is -3.58. The first kappa shape index (κ1) is 16.7. The Hall–Kier alpha value is -2.19. The summed E-state index contributed by atoms with van der Waals surface area (Å²) in [6.07, 6.45) is 1.28. The van der Waals surface area contributed by atoms with Crippen LogP contribution in [0.5, 0.6) is 0 Å². The summed E-state index contributed by atoms with van der Waals surface area (Å²) < 4.78 is 31.7. The average molecular weight is 349 g/mol. The zero-order valence-corrected chi connectivity index (χ0v) is 14.1. The van der Waals surface area contributed by atoms with Crippen LogP contribution in [0.15, 0.2) is 45.8 Å². The Morgan fingerprint density at radius 1 is 1.33 bits per heavy atom. The molecule has 1 aliphatic heterocycles.